The van der Waals surface area contributed by atoms with Crippen LogP contribution in [0.3, 0.4) is 0 Å². The van der Waals surface area contributed by atoms with Crippen molar-refractivity contribution in [3.8, 4) is 0 Å². The van der Waals surface area contributed by atoms with E-state index in [9.17, 15) is 9.59 Å². The first-order valence-electron chi connectivity index (χ1n) is 8.37. The first kappa shape index (κ1) is 18.1. The van der Waals surface area contributed by atoms with Gasteiger partial charge in [-0.15, -0.1) is 0 Å². The van der Waals surface area contributed by atoms with Crippen LogP contribution in [0.25, 0.3) is 10.9 Å². The lowest BCUT2D eigenvalue weighted by Crippen LogP contribution is -2.34. The number of halogens is 1. The predicted octanol–water partition coefficient (Wildman–Crippen LogP) is 3.25. The minimum atomic E-state index is -0.171. The van der Waals surface area contributed by atoms with E-state index in [4.69, 9.17) is 0 Å². The average molecular weight is 415 g/mol. The zero-order valence-electron chi connectivity index (χ0n) is 14.3. The molecule has 2 aromatic carbocycles. The molecule has 0 spiro atoms. The second-order valence-corrected chi connectivity index (χ2v) is 6.72. The molecule has 134 valence electrons. The number of aryl methyl sites for hydroxylation is 1. The van der Waals surface area contributed by atoms with E-state index in [0.717, 1.165) is 10.0 Å². The maximum Gasteiger partial charge on any atom is 0.262 e. The van der Waals surface area contributed by atoms with Crippen LogP contribution in [0.1, 0.15) is 18.9 Å². The molecule has 1 amide bonds. The van der Waals surface area contributed by atoms with Gasteiger partial charge in [0.15, 0.2) is 0 Å². The van der Waals surface area contributed by atoms with Crippen LogP contribution in [0.4, 0.5) is 5.95 Å². The van der Waals surface area contributed by atoms with Crippen LogP contribution in [0.15, 0.2) is 57.8 Å². The van der Waals surface area contributed by atoms with E-state index < -0.39 is 0 Å². The molecule has 3 rings (SSSR count). The van der Waals surface area contributed by atoms with Gasteiger partial charge in [0.05, 0.1) is 10.9 Å². The van der Waals surface area contributed by atoms with Gasteiger partial charge in [-0.2, -0.15) is 0 Å². The summed E-state index contributed by atoms with van der Waals surface area (Å²) in [6.45, 7) is 2.31. The molecule has 0 fully saturated rings. The summed E-state index contributed by atoms with van der Waals surface area (Å²) in [7, 11) is 0. The molecule has 0 radical (unpaired) electrons. The molecule has 0 bridgehead atoms. The summed E-state index contributed by atoms with van der Waals surface area (Å²) in [6.07, 6.45) is 0.950. The van der Waals surface area contributed by atoms with Crippen molar-refractivity contribution in [1.29, 1.82) is 0 Å². The number of benzene rings is 2. The quantitative estimate of drug-likeness (QED) is 0.606. The molecule has 0 atom stereocenters. The van der Waals surface area contributed by atoms with Crippen LogP contribution in [0, 0.1) is 0 Å². The molecule has 0 aliphatic heterocycles. The number of rotatable bonds is 6. The van der Waals surface area contributed by atoms with Gasteiger partial charge < -0.3 is 0 Å². The largest absolute Gasteiger partial charge is 0.277 e. The molecule has 1 aromatic heterocycles. The van der Waals surface area contributed by atoms with E-state index in [2.05, 4.69) is 31.8 Å². The highest BCUT2D eigenvalue weighted by molar-refractivity contribution is 9.10. The maximum atomic E-state index is 12.5. The maximum absolute atomic E-state index is 12.5. The van der Waals surface area contributed by atoms with E-state index in [1.54, 1.807) is 12.1 Å². The van der Waals surface area contributed by atoms with E-state index >= 15 is 0 Å². The molecule has 0 aliphatic carbocycles. The van der Waals surface area contributed by atoms with E-state index in [1.165, 1.54) is 4.57 Å². The van der Waals surface area contributed by atoms with Crippen molar-refractivity contribution in [2.24, 2.45) is 0 Å². The van der Waals surface area contributed by atoms with Crippen LogP contribution >= 0.6 is 15.9 Å². The molecule has 7 heteroatoms. The Morgan fingerprint density at radius 1 is 1.19 bits per heavy atom. The fourth-order valence-electron chi connectivity index (χ4n) is 2.70. The highest BCUT2D eigenvalue weighted by Crippen LogP contribution is 2.13. The lowest BCUT2D eigenvalue weighted by molar-refractivity contribution is -0.120. The molecule has 2 N–H and O–H groups in total. The first-order chi connectivity index (χ1) is 12.6. The number of hydrogen-bond acceptors (Lipinski definition) is 4. The van der Waals surface area contributed by atoms with E-state index in [-0.39, 0.29) is 11.5 Å². The molecule has 3 aromatic rings. The summed E-state index contributed by atoms with van der Waals surface area (Å²) in [4.78, 5) is 29.1. The molecule has 0 aliphatic rings. The summed E-state index contributed by atoms with van der Waals surface area (Å²) in [5, 5.41) is 0.556. The predicted molar refractivity (Wildman–Crippen MR) is 106 cm³/mol. The number of para-hydroxylation sites is 1. The number of hydrogen-bond donors (Lipinski definition) is 2. The van der Waals surface area contributed by atoms with Crippen molar-refractivity contribution in [2.75, 3.05) is 5.43 Å². The summed E-state index contributed by atoms with van der Waals surface area (Å²) in [5.41, 5.74) is 6.94. The van der Waals surface area contributed by atoms with Crippen LogP contribution in [0.5, 0.6) is 0 Å². The first-order valence-corrected chi connectivity index (χ1v) is 9.16. The molecule has 0 saturated heterocycles. The monoisotopic (exact) mass is 414 g/mol. The number of carbonyl (C=O) groups excluding carboxylic acids is 1. The van der Waals surface area contributed by atoms with Crippen molar-refractivity contribution < 1.29 is 4.79 Å². The Hall–Kier alpha value is -2.67. The van der Waals surface area contributed by atoms with Gasteiger partial charge in [0.2, 0.25) is 11.9 Å². The average Bonchev–Trinajstić information content (AvgIpc) is 2.65. The topological polar surface area (TPSA) is 76.0 Å². The van der Waals surface area contributed by atoms with Crippen LogP contribution in [-0.4, -0.2) is 15.5 Å². The Labute approximate surface area is 159 Å². The Morgan fingerprint density at radius 3 is 2.77 bits per heavy atom. The summed E-state index contributed by atoms with van der Waals surface area (Å²) in [6, 6.07) is 15.0. The Kier molecular flexibility index (Phi) is 5.68. The number of amides is 1. The van der Waals surface area contributed by atoms with Gasteiger partial charge in [0.25, 0.3) is 5.56 Å². The van der Waals surface area contributed by atoms with Crippen LogP contribution in [-0.2, 0) is 17.8 Å². The van der Waals surface area contributed by atoms with Crippen molar-refractivity contribution in [3.05, 3.63) is 68.9 Å². The molecule has 0 saturated carbocycles. The number of fused-ring (bicyclic) bond motifs is 1. The van der Waals surface area contributed by atoms with Gasteiger partial charge in [0, 0.05) is 17.4 Å². The second-order valence-electron chi connectivity index (χ2n) is 5.81. The fourth-order valence-corrected chi connectivity index (χ4v) is 3.14. The normalized spacial score (nSPS) is 10.7. The molecular weight excluding hydrogens is 396 g/mol. The molecule has 0 unspecified atom stereocenters. The highest BCUT2D eigenvalue weighted by Gasteiger charge is 2.10. The van der Waals surface area contributed by atoms with Gasteiger partial charge in [-0.3, -0.25) is 25.0 Å². The molecule has 26 heavy (non-hydrogen) atoms. The van der Waals surface area contributed by atoms with Crippen molar-refractivity contribution in [1.82, 2.24) is 15.0 Å². The minimum absolute atomic E-state index is 0.135. The SMILES string of the molecule is CCn1c(NNC(=O)CCc2cccc(Br)c2)nc2ccccc2c1=O. The third kappa shape index (κ3) is 4.11. The highest BCUT2D eigenvalue weighted by atomic mass is 79.9. The zero-order valence-corrected chi connectivity index (χ0v) is 15.9. The van der Waals surface area contributed by atoms with Crippen molar-refractivity contribution in [2.45, 2.75) is 26.3 Å². The smallest absolute Gasteiger partial charge is 0.262 e. The molecular formula is C19H19BrN4O2. The van der Waals surface area contributed by atoms with Gasteiger partial charge in [-0.05, 0) is 43.2 Å². The number of nitrogens with one attached hydrogen (secondary N) is 2. The van der Waals surface area contributed by atoms with Crippen LogP contribution in [0.2, 0.25) is 0 Å². The second kappa shape index (κ2) is 8.14. The van der Waals surface area contributed by atoms with Gasteiger partial charge in [-0.1, -0.05) is 40.2 Å². The molecule has 6 nitrogen and oxygen atoms in total. The number of anilines is 1. The number of carbonyl (C=O) groups is 1. The standard InChI is InChI=1S/C19H19BrN4O2/c1-2-24-18(26)15-8-3-4-9-16(15)21-19(24)23-22-17(25)11-10-13-6-5-7-14(20)12-13/h3-9,12H,2,10-11H2,1H3,(H,21,23)(H,22,25). The third-order valence-corrected chi connectivity index (χ3v) is 4.51. The Morgan fingerprint density at radius 2 is 2.00 bits per heavy atom. The van der Waals surface area contributed by atoms with Gasteiger partial charge in [-0.25, -0.2) is 4.98 Å². The zero-order chi connectivity index (χ0) is 18.5. The van der Waals surface area contributed by atoms with E-state index in [1.807, 2.05) is 43.3 Å². The van der Waals surface area contributed by atoms with Crippen LogP contribution < -0.4 is 16.4 Å². The lowest BCUT2D eigenvalue weighted by atomic mass is 10.1. The molecule has 1 heterocycles. The summed E-state index contributed by atoms with van der Waals surface area (Å²) in [5.74, 6) is 0.155. The lowest BCUT2D eigenvalue weighted by Gasteiger charge is -2.14. The van der Waals surface area contributed by atoms with Crippen molar-refractivity contribution >= 4 is 38.7 Å². The third-order valence-electron chi connectivity index (χ3n) is 4.02. The summed E-state index contributed by atoms with van der Waals surface area (Å²) >= 11 is 3.42. The number of hydrazine groups is 1. The fraction of sp³-hybridized carbons (Fsp3) is 0.211. The van der Waals surface area contributed by atoms with Gasteiger partial charge >= 0.3 is 0 Å². The van der Waals surface area contributed by atoms with E-state index in [0.29, 0.717) is 36.2 Å². The number of aromatic nitrogens is 2. The number of nitrogens with zero attached hydrogens (tertiary/aromatic N) is 2. The minimum Gasteiger partial charge on any atom is -0.277 e. The Balaban J connectivity index is 1.69. The Bertz CT molecular complexity index is 1000. The van der Waals surface area contributed by atoms with Crippen molar-refractivity contribution in [3.63, 3.8) is 0 Å². The summed E-state index contributed by atoms with van der Waals surface area (Å²) < 4.78 is 2.48. The van der Waals surface area contributed by atoms with Gasteiger partial charge in [0.1, 0.15) is 0 Å².